The molecule has 84 valence electrons. The quantitative estimate of drug-likeness (QED) is 0.803. The number of rotatable bonds is 2. The third kappa shape index (κ3) is 1.92. The van der Waals surface area contributed by atoms with Gasteiger partial charge in [0.15, 0.2) is 0 Å². The minimum absolute atomic E-state index is 0.0716. The van der Waals surface area contributed by atoms with Gasteiger partial charge in [-0.25, -0.2) is 0 Å². The van der Waals surface area contributed by atoms with E-state index in [0.717, 1.165) is 22.2 Å². The Labute approximate surface area is 94.9 Å². The van der Waals surface area contributed by atoms with Crippen molar-refractivity contribution in [3.8, 4) is 0 Å². The van der Waals surface area contributed by atoms with Crippen LogP contribution in [0.25, 0.3) is 10.9 Å². The van der Waals surface area contributed by atoms with E-state index in [1.807, 2.05) is 44.2 Å². The zero-order valence-electron chi connectivity index (χ0n) is 9.57. The number of aryl methyl sites for hydroxylation is 1. The van der Waals surface area contributed by atoms with Gasteiger partial charge >= 0.3 is 0 Å². The Kier molecular flexibility index (Phi) is 2.66. The summed E-state index contributed by atoms with van der Waals surface area (Å²) < 4.78 is 0. The molecule has 16 heavy (non-hydrogen) atoms. The van der Waals surface area contributed by atoms with Crippen LogP contribution in [0.3, 0.4) is 0 Å². The van der Waals surface area contributed by atoms with Crippen molar-refractivity contribution in [2.24, 2.45) is 5.73 Å². The molecule has 3 heteroatoms. The molecule has 0 bridgehead atoms. The molecular weight excluding hydrogens is 200 g/mol. The molecule has 3 N–H and O–H groups in total. The van der Waals surface area contributed by atoms with Gasteiger partial charge in [0.05, 0.1) is 17.7 Å². The van der Waals surface area contributed by atoms with Crippen molar-refractivity contribution >= 4 is 10.9 Å². The summed E-state index contributed by atoms with van der Waals surface area (Å²) in [4.78, 5) is 4.42. The summed E-state index contributed by atoms with van der Waals surface area (Å²) in [5.41, 5.74) is 8.17. The Morgan fingerprint density at radius 3 is 2.75 bits per heavy atom. The minimum atomic E-state index is -0.695. The number of fused-ring (bicyclic) bond motifs is 1. The van der Waals surface area contributed by atoms with Gasteiger partial charge in [0.2, 0.25) is 0 Å². The van der Waals surface area contributed by atoms with Crippen LogP contribution in [0.15, 0.2) is 30.3 Å². The third-order valence-electron chi connectivity index (χ3n) is 2.82. The first kappa shape index (κ1) is 11.0. The van der Waals surface area contributed by atoms with Crippen LogP contribution in [0, 0.1) is 6.92 Å². The Morgan fingerprint density at radius 2 is 2.06 bits per heavy atom. The Bertz CT molecular complexity index is 520. The molecule has 1 atom stereocenters. The van der Waals surface area contributed by atoms with Crippen molar-refractivity contribution in [1.82, 2.24) is 4.98 Å². The van der Waals surface area contributed by atoms with Crippen molar-refractivity contribution in [2.75, 3.05) is 6.61 Å². The molecule has 1 heterocycles. The Morgan fingerprint density at radius 1 is 1.31 bits per heavy atom. The van der Waals surface area contributed by atoms with Gasteiger partial charge in [0.25, 0.3) is 0 Å². The van der Waals surface area contributed by atoms with Gasteiger partial charge in [-0.3, -0.25) is 4.98 Å². The molecule has 0 saturated carbocycles. The number of nitrogens with zero attached hydrogens (tertiary/aromatic N) is 1. The van der Waals surface area contributed by atoms with E-state index in [1.54, 1.807) is 0 Å². The van der Waals surface area contributed by atoms with Crippen molar-refractivity contribution in [1.29, 1.82) is 0 Å². The first-order valence-electron chi connectivity index (χ1n) is 5.30. The highest BCUT2D eigenvalue weighted by Crippen LogP contribution is 2.22. The molecule has 1 unspecified atom stereocenters. The number of benzene rings is 1. The van der Waals surface area contributed by atoms with Crippen molar-refractivity contribution in [3.63, 3.8) is 0 Å². The normalized spacial score (nSPS) is 15.0. The van der Waals surface area contributed by atoms with Gasteiger partial charge in [-0.15, -0.1) is 0 Å². The van der Waals surface area contributed by atoms with Gasteiger partial charge in [-0.2, -0.15) is 0 Å². The maximum absolute atomic E-state index is 9.22. The van der Waals surface area contributed by atoms with Gasteiger partial charge in [-0.1, -0.05) is 12.1 Å². The van der Waals surface area contributed by atoms with Crippen LogP contribution in [0.2, 0.25) is 0 Å². The largest absolute Gasteiger partial charge is 0.394 e. The van der Waals surface area contributed by atoms with E-state index in [0.29, 0.717) is 0 Å². The standard InChI is InChI=1S/C13H16N2O/c1-9-3-4-10-7-11(13(2,14)8-16)5-6-12(10)15-9/h3-7,16H,8,14H2,1-2H3. The van der Waals surface area contributed by atoms with Crippen LogP contribution in [0.5, 0.6) is 0 Å². The summed E-state index contributed by atoms with van der Waals surface area (Å²) in [5.74, 6) is 0. The number of aliphatic hydroxyl groups excluding tert-OH is 1. The topological polar surface area (TPSA) is 59.1 Å². The number of aromatic nitrogens is 1. The molecule has 1 aromatic heterocycles. The smallest absolute Gasteiger partial charge is 0.0705 e. The minimum Gasteiger partial charge on any atom is -0.394 e. The lowest BCUT2D eigenvalue weighted by atomic mass is 9.93. The molecule has 1 aromatic carbocycles. The maximum Gasteiger partial charge on any atom is 0.0705 e. The Hall–Kier alpha value is -1.45. The second-order valence-corrected chi connectivity index (χ2v) is 4.44. The average molecular weight is 216 g/mol. The number of hydrogen-bond donors (Lipinski definition) is 2. The molecule has 2 aromatic rings. The second-order valence-electron chi connectivity index (χ2n) is 4.44. The summed E-state index contributed by atoms with van der Waals surface area (Å²) >= 11 is 0. The highest BCUT2D eigenvalue weighted by molar-refractivity contribution is 5.79. The predicted octanol–water partition coefficient (Wildman–Crippen LogP) is 1.71. The van der Waals surface area contributed by atoms with E-state index in [4.69, 9.17) is 5.73 Å². The molecule has 0 aliphatic rings. The maximum atomic E-state index is 9.22. The molecule has 0 aliphatic carbocycles. The number of pyridine rings is 1. The number of aliphatic hydroxyl groups is 1. The van der Waals surface area contributed by atoms with Crippen LogP contribution in [0.4, 0.5) is 0 Å². The lowest BCUT2D eigenvalue weighted by Crippen LogP contribution is -2.36. The van der Waals surface area contributed by atoms with E-state index in [1.165, 1.54) is 0 Å². The summed E-state index contributed by atoms with van der Waals surface area (Å²) in [6, 6.07) is 9.84. The molecule has 0 fully saturated rings. The zero-order chi connectivity index (χ0) is 11.8. The molecule has 0 amide bonds. The van der Waals surface area contributed by atoms with Gasteiger partial charge < -0.3 is 10.8 Å². The van der Waals surface area contributed by atoms with Gasteiger partial charge in [0.1, 0.15) is 0 Å². The second kappa shape index (κ2) is 3.85. The molecule has 0 saturated heterocycles. The van der Waals surface area contributed by atoms with E-state index >= 15 is 0 Å². The molecular formula is C13H16N2O. The lowest BCUT2D eigenvalue weighted by molar-refractivity contribution is 0.210. The van der Waals surface area contributed by atoms with Crippen LogP contribution < -0.4 is 5.73 Å². The average Bonchev–Trinajstić information content (AvgIpc) is 2.28. The lowest BCUT2D eigenvalue weighted by Gasteiger charge is -2.22. The van der Waals surface area contributed by atoms with Crippen LogP contribution in [-0.4, -0.2) is 16.7 Å². The first-order chi connectivity index (χ1) is 7.53. The SMILES string of the molecule is Cc1ccc2cc(C(C)(N)CO)ccc2n1. The van der Waals surface area contributed by atoms with E-state index in [9.17, 15) is 5.11 Å². The third-order valence-corrected chi connectivity index (χ3v) is 2.82. The number of hydrogen-bond acceptors (Lipinski definition) is 3. The molecule has 3 nitrogen and oxygen atoms in total. The monoisotopic (exact) mass is 216 g/mol. The molecule has 2 rings (SSSR count). The fourth-order valence-corrected chi connectivity index (χ4v) is 1.67. The first-order valence-corrected chi connectivity index (χ1v) is 5.30. The van der Waals surface area contributed by atoms with E-state index < -0.39 is 5.54 Å². The van der Waals surface area contributed by atoms with Crippen LogP contribution in [0.1, 0.15) is 18.2 Å². The van der Waals surface area contributed by atoms with Crippen LogP contribution >= 0.6 is 0 Å². The fourth-order valence-electron chi connectivity index (χ4n) is 1.67. The zero-order valence-corrected chi connectivity index (χ0v) is 9.57. The predicted molar refractivity (Wildman–Crippen MR) is 65.1 cm³/mol. The van der Waals surface area contributed by atoms with Crippen molar-refractivity contribution in [2.45, 2.75) is 19.4 Å². The van der Waals surface area contributed by atoms with E-state index in [2.05, 4.69) is 4.98 Å². The molecule has 0 spiro atoms. The van der Waals surface area contributed by atoms with Crippen LogP contribution in [-0.2, 0) is 5.54 Å². The Balaban J connectivity index is 2.57. The summed E-state index contributed by atoms with van der Waals surface area (Å²) in [6.07, 6.45) is 0. The highest BCUT2D eigenvalue weighted by Gasteiger charge is 2.19. The summed E-state index contributed by atoms with van der Waals surface area (Å²) in [5, 5.41) is 10.3. The van der Waals surface area contributed by atoms with Crippen molar-refractivity contribution in [3.05, 3.63) is 41.6 Å². The van der Waals surface area contributed by atoms with Crippen molar-refractivity contribution < 1.29 is 5.11 Å². The summed E-state index contributed by atoms with van der Waals surface area (Å²) in [7, 11) is 0. The summed E-state index contributed by atoms with van der Waals surface area (Å²) in [6.45, 7) is 3.71. The highest BCUT2D eigenvalue weighted by atomic mass is 16.3. The van der Waals surface area contributed by atoms with Gasteiger partial charge in [-0.05, 0) is 37.6 Å². The molecule has 0 radical (unpaired) electrons. The van der Waals surface area contributed by atoms with E-state index in [-0.39, 0.29) is 6.61 Å². The van der Waals surface area contributed by atoms with Gasteiger partial charge in [0, 0.05) is 11.1 Å². The molecule has 0 aliphatic heterocycles. The fraction of sp³-hybridized carbons (Fsp3) is 0.308. The number of nitrogens with two attached hydrogens (primary N) is 1.